The molecule has 0 aromatic heterocycles. The number of rotatable bonds is 2. The topological polar surface area (TPSA) is 9.23 Å². The minimum atomic E-state index is -0.188. The fraction of sp³-hybridized carbons (Fsp3) is 0.538. The predicted octanol–water partition coefficient (Wildman–Crippen LogP) is 4.45. The average Bonchev–Trinajstić information content (AvgIpc) is 2.34. The normalized spacial score (nSPS) is 7.93. The zero-order valence-corrected chi connectivity index (χ0v) is 10.7. The first-order valence-corrected chi connectivity index (χ1v) is 5.60. The van der Waals surface area contributed by atoms with Crippen LogP contribution in [0.1, 0.15) is 40.2 Å². The molecule has 1 nitrogen and oxygen atoms in total. The van der Waals surface area contributed by atoms with E-state index in [1.54, 1.807) is 12.1 Å². The minimum Gasteiger partial charge on any atom is -0.497 e. The van der Waals surface area contributed by atoms with Crippen LogP contribution in [0.3, 0.4) is 0 Å². The van der Waals surface area contributed by atoms with E-state index < -0.39 is 0 Å². The molecule has 2 heteroatoms. The second kappa shape index (κ2) is 11.0. The summed E-state index contributed by atoms with van der Waals surface area (Å²) < 4.78 is 17.8. The second-order valence-electron chi connectivity index (χ2n) is 2.31. The Morgan fingerprint density at radius 3 is 2.00 bits per heavy atom. The number of aryl methyl sites for hydroxylation is 1. The SMILES string of the molecule is CC.CC.CCc1ccc(OC)cc1F. The van der Waals surface area contributed by atoms with Crippen molar-refractivity contribution in [2.45, 2.75) is 41.0 Å². The van der Waals surface area contributed by atoms with E-state index in [2.05, 4.69) is 0 Å². The third-order valence-corrected chi connectivity index (χ3v) is 1.64. The molecule has 1 rings (SSSR count). The summed E-state index contributed by atoms with van der Waals surface area (Å²) in [5, 5.41) is 0. The van der Waals surface area contributed by atoms with Crippen LogP contribution in [-0.2, 0) is 6.42 Å². The van der Waals surface area contributed by atoms with Crippen molar-refractivity contribution in [1.82, 2.24) is 0 Å². The summed E-state index contributed by atoms with van der Waals surface area (Å²) in [4.78, 5) is 0. The van der Waals surface area contributed by atoms with Crippen LogP contribution >= 0.6 is 0 Å². The van der Waals surface area contributed by atoms with Crippen molar-refractivity contribution in [2.24, 2.45) is 0 Å². The van der Waals surface area contributed by atoms with E-state index in [1.807, 2.05) is 34.6 Å². The number of methoxy groups -OCH3 is 1. The zero-order valence-electron chi connectivity index (χ0n) is 10.7. The van der Waals surface area contributed by atoms with Gasteiger partial charge in [0.05, 0.1) is 7.11 Å². The minimum absolute atomic E-state index is 0.188. The van der Waals surface area contributed by atoms with E-state index in [0.29, 0.717) is 5.75 Å². The molecule has 0 unspecified atom stereocenters. The van der Waals surface area contributed by atoms with Crippen molar-refractivity contribution in [1.29, 1.82) is 0 Å². The molecular weight excluding hydrogens is 191 g/mol. The van der Waals surface area contributed by atoms with Crippen molar-refractivity contribution in [3.63, 3.8) is 0 Å². The summed E-state index contributed by atoms with van der Waals surface area (Å²) in [6.07, 6.45) is 0.718. The van der Waals surface area contributed by atoms with E-state index in [1.165, 1.54) is 13.2 Å². The summed E-state index contributed by atoms with van der Waals surface area (Å²) in [7, 11) is 1.53. The zero-order chi connectivity index (χ0) is 12.3. The molecule has 88 valence electrons. The quantitative estimate of drug-likeness (QED) is 0.706. The maximum absolute atomic E-state index is 13.0. The number of halogens is 1. The molecular formula is C13H23FO. The summed E-state index contributed by atoms with van der Waals surface area (Å²) >= 11 is 0. The van der Waals surface area contributed by atoms with Crippen LogP contribution in [0.15, 0.2) is 18.2 Å². The first-order valence-electron chi connectivity index (χ1n) is 5.60. The van der Waals surface area contributed by atoms with E-state index in [-0.39, 0.29) is 5.82 Å². The molecule has 0 heterocycles. The van der Waals surface area contributed by atoms with E-state index in [9.17, 15) is 4.39 Å². The molecule has 1 aromatic carbocycles. The van der Waals surface area contributed by atoms with Gasteiger partial charge in [0.15, 0.2) is 0 Å². The summed E-state index contributed by atoms with van der Waals surface area (Å²) in [6, 6.07) is 4.91. The highest BCUT2D eigenvalue weighted by molar-refractivity contribution is 5.28. The van der Waals surface area contributed by atoms with Crippen molar-refractivity contribution in [2.75, 3.05) is 7.11 Å². The molecule has 0 aliphatic heterocycles. The Morgan fingerprint density at radius 1 is 1.13 bits per heavy atom. The van der Waals surface area contributed by atoms with Crippen molar-refractivity contribution >= 4 is 0 Å². The number of hydrogen-bond donors (Lipinski definition) is 0. The molecule has 0 spiro atoms. The Balaban J connectivity index is 0. The summed E-state index contributed by atoms with van der Waals surface area (Å²) in [5.41, 5.74) is 0.728. The molecule has 0 atom stereocenters. The first kappa shape index (κ1) is 16.4. The molecule has 0 saturated carbocycles. The van der Waals surface area contributed by atoms with Crippen LogP contribution in [0.5, 0.6) is 5.75 Å². The van der Waals surface area contributed by atoms with Gasteiger partial charge in [0, 0.05) is 6.07 Å². The van der Waals surface area contributed by atoms with Gasteiger partial charge in [0.2, 0.25) is 0 Å². The van der Waals surface area contributed by atoms with Gasteiger partial charge in [-0.25, -0.2) is 4.39 Å². The van der Waals surface area contributed by atoms with Gasteiger partial charge in [0.25, 0.3) is 0 Å². The Hall–Kier alpha value is -1.05. The third kappa shape index (κ3) is 6.10. The standard InChI is InChI=1S/C9H11FO.2C2H6/c1-3-7-4-5-8(11-2)6-9(7)10;2*1-2/h4-6H,3H2,1-2H3;2*1-2H3. The fourth-order valence-corrected chi connectivity index (χ4v) is 0.942. The van der Waals surface area contributed by atoms with Gasteiger partial charge in [-0.15, -0.1) is 0 Å². The second-order valence-corrected chi connectivity index (χ2v) is 2.31. The lowest BCUT2D eigenvalue weighted by atomic mass is 10.1. The third-order valence-electron chi connectivity index (χ3n) is 1.64. The summed E-state index contributed by atoms with van der Waals surface area (Å²) in [5.74, 6) is 0.381. The first-order chi connectivity index (χ1) is 7.27. The lowest BCUT2D eigenvalue weighted by molar-refractivity contribution is 0.410. The van der Waals surface area contributed by atoms with Gasteiger partial charge in [-0.1, -0.05) is 40.7 Å². The van der Waals surface area contributed by atoms with E-state index in [0.717, 1.165) is 12.0 Å². The lowest BCUT2D eigenvalue weighted by Crippen LogP contribution is -1.89. The molecule has 0 radical (unpaired) electrons. The summed E-state index contributed by atoms with van der Waals surface area (Å²) in [6.45, 7) is 9.92. The highest BCUT2D eigenvalue weighted by Crippen LogP contribution is 2.15. The number of hydrogen-bond acceptors (Lipinski definition) is 1. The molecule has 0 aliphatic carbocycles. The molecule has 0 bridgehead atoms. The Kier molecular flexibility index (Phi) is 12.0. The average molecular weight is 214 g/mol. The van der Waals surface area contributed by atoms with E-state index in [4.69, 9.17) is 4.74 Å². The number of benzene rings is 1. The van der Waals surface area contributed by atoms with E-state index >= 15 is 0 Å². The Morgan fingerprint density at radius 2 is 1.67 bits per heavy atom. The lowest BCUT2D eigenvalue weighted by Gasteiger charge is -2.02. The molecule has 0 N–H and O–H groups in total. The van der Waals surface area contributed by atoms with Gasteiger partial charge >= 0.3 is 0 Å². The molecule has 0 aliphatic rings. The van der Waals surface area contributed by atoms with Crippen LogP contribution in [0.25, 0.3) is 0 Å². The van der Waals surface area contributed by atoms with Gasteiger partial charge in [-0.05, 0) is 18.1 Å². The Labute approximate surface area is 93.3 Å². The number of ether oxygens (including phenoxy) is 1. The van der Waals surface area contributed by atoms with Crippen molar-refractivity contribution in [3.8, 4) is 5.75 Å². The molecule has 0 amide bonds. The maximum Gasteiger partial charge on any atom is 0.130 e. The molecule has 0 fully saturated rings. The van der Waals surface area contributed by atoms with Crippen molar-refractivity contribution in [3.05, 3.63) is 29.6 Å². The largest absolute Gasteiger partial charge is 0.497 e. The van der Waals surface area contributed by atoms with Crippen LogP contribution in [0.4, 0.5) is 4.39 Å². The predicted molar refractivity (Wildman–Crippen MR) is 65.0 cm³/mol. The van der Waals surface area contributed by atoms with Crippen LogP contribution in [0, 0.1) is 5.82 Å². The maximum atomic E-state index is 13.0. The van der Waals surface area contributed by atoms with Crippen LogP contribution in [0.2, 0.25) is 0 Å². The monoisotopic (exact) mass is 214 g/mol. The van der Waals surface area contributed by atoms with Crippen LogP contribution < -0.4 is 4.74 Å². The van der Waals surface area contributed by atoms with Gasteiger partial charge < -0.3 is 4.74 Å². The van der Waals surface area contributed by atoms with Crippen LogP contribution in [-0.4, -0.2) is 7.11 Å². The fourth-order valence-electron chi connectivity index (χ4n) is 0.942. The van der Waals surface area contributed by atoms with Gasteiger partial charge in [0.1, 0.15) is 11.6 Å². The highest BCUT2D eigenvalue weighted by Gasteiger charge is 2.00. The molecule has 0 saturated heterocycles. The Bertz CT molecular complexity index is 246. The van der Waals surface area contributed by atoms with Crippen molar-refractivity contribution < 1.29 is 9.13 Å². The molecule has 1 aromatic rings. The highest BCUT2D eigenvalue weighted by atomic mass is 19.1. The van der Waals surface area contributed by atoms with Gasteiger partial charge in [-0.2, -0.15) is 0 Å². The van der Waals surface area contributed by atoms with Gasteiger partial charge in [-0.3, -0.25) is 0 Å². The smallest absolute Gasteiger partial charge is 0.130 e. The molecule has 15 heavy (non-hydrogen) atoms.